The molecule has 0 saturated carbocycles. The lowest BCUT2D eigenvalue weighted by atomic mass is 9.80. The number of aryl methyl sites for hydroxylation is 2. The summed E-state index contributed by atoms with van der Waals surface area (Å²) in [6.07, 6.45) is 1.61. The number of benzene rings is 2. The van der Waals surface area contributed by atoms with E-state index in [9.17, 15) is 24.8 Å². The van der Waals surface area contributed by atoms with Gasteiger partial charge in [-0.25, -0.2) is 0 Å². The number of hydrogen-bond acceptors (Lipinski definition) is 5. The van der Waals surface area contributed by atoms with Gasteiger partial charge in [-0.15, -0.1) is 0 Å². The van der Waals surface area contributed by atoms with Crippen molar-refractivity contribution in [2.45, 2.75) is 31.8 Å². The molecule has 1 unspecified atom stereocenters. The first-order chi connectivity index (χ1) is 13.3. The van der Waals surface area contributed by atoms with E-state index in [1.165, 1.54) is 23.8 Å². The van der Waals surface area contributed by atoms with Gasteiger partial charge in [0.25, 0.3) is 5.69 Å². The number of amides is 2. The fraction of sp³-hybridized carbons (Fsp3) is 0.300. The molecule has 2 aromatic carbocycles. The van der Waals surface area contributed by atoms with Gasteiger partial charge in [-0.3, -0.25) is 19.7 Å². The van der Waals surface area contributed by atoms with Gasteiger partial charge in [0.05, 0.1) is 10.5 Å². The lowest BCUT2D eigenvalue weighted by Gasteiger charge is -2.33. The van der Waals surface area contributed by atoms with E-state index >= 15 is 0 Å². The molecule has 3 rings (SSSR count). The van der Waals surface area contributed by atoms with E-state index in [2.05, 4.69) is 10.6 Å². The Morgan fingerprint density at radius 1 is 1.18 bits per heavy atom. The lowest BCUT2D eigenvalue weighted by Crippen LogP contribution is -2.49. The summed E-state index contributed by atoms with van der Waals surface area (Å²) >= 11 is 0. The van der Waals surface area contributed by atoms with Crippen LogP contribution in [0.1, 0.15) is 23.1 Å². The van der Waals surface area contributed by atoms with Crippen molar-refractivity contribution in [2.24, 2.45) is 0 Å². The second kappa shape index (κ2) is 7.77. The van der Waals surface area contributed by atoms with Gasteiger partial charge >= 0.3 is 11.8 Å². The average Bonchev–Trinajstić information content (AvgIpc) is 2.67. The minimum Gasteiger partial charge on any atom is -0.388 e. The Morgan fingerprint density at radius 3 is 2.57 bits per heavy atom. The highest BCUT2D eigenvalue weighted by atomic mass is 16.6. The molecular formula is C20H21N3O5. The van der Waals surface area contributed by atoms with Crippen molar-refractivity contribution >= 4 is 23.2 Å². The first-order valence-electron chi connectivity index (χ1n) is 8.91. The number of nitro groups is 1. The highest BCUT2D eigenvalue weighted by Crippen LogP contribution is 2.28. The number of non-ortho nitro benzene ring substituents is 1. The summed E-state index contributed by atoms with van der Waals surface area (Å²) in [4.78, 5) is 34.5. The van der Waals surface area contributed by atoms with Crippen molar-refractivity contribution in [3.63, 3.8) is 0 Å². The van der Waals surface area contributed by atoms with Gasteiger partial charge in [0, 0.05) is 30.8 Å². The summed E-state index contributed by atoms with van der Waals surface area (Å²) in [5.41, 5.74) is 1.81. The van der Waals surface area contributed by atoms with Gasteiger partial charge in [0.15, 0.2) is 0 Å². The molecule has 8 nitrogen and oxygen atoms in total. The van der Waals surface area contributed by atoms with Crippen LogP contribution in [0.2, 0.25) is 0 Å². The summed E-state index contributed by atoms with van der Waals surface area (Å²) in [6, 6.07) is 11.8. The molecule has 2 amide bonds. The number of nitrogens with zero attached hydrogens (tertiary/aromatic N) is 1. The molecule has 8 heteroatoms. The fourth-order valence-electron chi connectivity index (χ4n) is 3.34. The summed E-state index contributed by atoms with van der Waals surface area (Å²) in [7, 11) is 0. The van der Waals surface area contributed by atoms with Crippen LogP contribution in [-0.2, 0) is 22.4 Å². The summed E-state index contributed by atoms with van der Waals surface area (Å²) in [6.45, 7) is 1.57. The van der Waals surface area contributed by atoms with Crippen molar-refractivity contribution in [1.29, 1.82) is 0 Å². The number of hydrogen-bond donors (Lipinski definition) is 3. The van der Waals surface area contributed by atoms with Gasteiger partial charge in [0.2, 0.25) is 0 Å². The molecule has 0 heterocycles. The predicted molar refractivity (Wildman–Crippen MR) is 103 cm³/mol. The second-order valence-electron chi connectivity index (χ2n) is 7.06. The van der Waals surface area contributed by atoms with E-state index in [0.717, 1.165) is 5.56 Å². The summed E-state index contributed by atoms with van der Waals surface area (Å²) in [5, 5.41) is 26.4. The predicted octanol–water partition coefficient (Wildman–Crippen LogP) is 1.88. The highest BCUT2D eigenvalue weighted by molar-refractivity contribution is 6.39. The number of anilines is 1. The van der Waals surface area contributed by atoms with Crippen LogP contribution < -0.4 is 10.6 Å². The van der Waals surface area contributed by atoms with Crippen LogP contribution in [0.15, 0.2) is 42.5 Å². The molecule has 0 aromatic heterocycles. The molecular weight excluding hydrogens is 362 g/mol. The van der Waals surface area contributed by atoms with Crippen molar-refractivity contribution < 1.29 is 19.6 Å². The van der Waals surface area contributed by atoms with Gasteiger partial charge in [-0.05, 0) is 42.5 Å². The van der Waals surface area contributed by atoms with E-state index in [1.54, 1.807) is 6.92 Å². The molecule has 0 bridgehead atoms. The van der Waals surface area contributed by atoms with Crippen LogP contribution in [-0.4, -0.2) is 34.0 Å². The zero-order valence-electron chi connectivity index (χ0n) is 15.4. The van der Waals surface area contributed by atoms with E-state index in [0.29, 0.717) is 30.5 Å². The standard InChI is InChI=1S/C20H21N3O5/c1-13-10-16(23(27)28)6-7-17(13)22-19(25)18(24)21-12-20(26)9-8-14-4-2-3-5-15(14)11-20/h2-7,10,26H,8-9,11-12H2,1H3,(H,21,24)(H,22,25). The van der Waals surface area contributed by atoms with Crippen LogP contribution in [0.5, 0.6) is 0 Å². The quantitative estimate of drug-likeness (QED) is 0.423. The first kappa shape index (κ1) is 19.5. The number of rotatable bonds is 4. The molecule has 28 heavy (non-hydrogen) atoms. The molecule has 0 radical (unpaired) electrons. The van der Waals surface area contributed by atoms with Gasteiger partial charge < -0.3 is 15.7 Å². The van der Waals surface area contributed by atoms with E-state index in [-0.39, 0.29) is 12.2 Å². The zero-order valence-corrected chi connectivity index (χ0v) is 15.4. The Kier molecular flexibility index (Phi) is 5.41. The largest absolute Gasteiger partial charge is 0.388 e. The van der Waals surface area contributed by atoms with Crippen molar-refractivity contribution in [3.05, 3.63) is 69.3 Å². The maximum atomic E-state index is 12.1. The lowest BCUT2D eigenvalue weighted by molar-refractivity contribution is -0.384. The van der Waals surface area contributed by atoms with Crippen molar-refractivity contribution in [3.8, 4) is 0 Å². The Hall–Kier alpha value is -3.26. The molecule has 0 spiro atoms. The van der Waals surface area contributed by atoms with Gasteiger partial charge in [-0.1, -0.05) is 24.3 Å². The van der Waals surface area contributed by atoms with Crippen LogP contribution in [0.4, 0.5) is 11.4 Å². The second-order valence-corrected chi connectivity index (χ2v) is 7.06. The Bertz CT molecular complexity index is 943. The van der Waals surface area contributed by atoms with E-state index in [1.807, 2.05) is 24.3 Å². The smallest absolute Gasteiger partial charge is 0.313 e. The number of aliphatic hydroxyl groups is 1. The van der Waals surface area contributed by atoms with Gasteiger partial charge in [0.1, 0.15) is 0 Å². The Labute approximate surface area is 161 Å². The molecule has 1 aliphatic carbocycles. The molecule has 1 atom stereocenters. The number of carbonyl (C=O) groups is 2. The van der Waals surface area contributed by atoms with Crippen LogP contribution in [0.25, 0.3) is 0 Å². The molecule has 146 valence electrons. The summed E-state index contributed by atoms with van der Waals surface area (Å²) in [5.74, 6) is -1.76. The normalized spacial score (nSPS) is 18.1. The number of fused-ring (bicyclic) bond motifs is 1. The topological polar surface area (TPSA) is 122 Å². The number of nitro benzene ring substituents is 1. The average molecular weight is 383 g/mol. The van der Waals surface area contributed by atoms with Crippen LogP contribution >= 0.6 is 0 Å². The third-order valence-electron chi connectivity index (χ3n) is 4.95. The monoisotopic (exact) mass is 383 g/mol. The van der Waals surface area contributed by atoms with Crippen LogP contribution in [0, 0.1) is 17.0 Å². The molecule has 1 aliphatic rings. The molecule has 3 N–H and O–H groups in total. The van der Waals surface area contributed by atoms with Gasteiger partial charge in [-0.2, -0.15) is 0 Å². The molecule has 0 aliphatic heterocycles. The number of carbonyl (C=O) groups excluding carboxylic acids is 2. The Balaban J connectivity index is 1.58. The van der Waals surface area contributed by atoms with E-state index in [4.69, 9.17) is 0 Å². The van der Waals surface area contributed by atoms with Crippen molar-refractivity contribution in [1.82, 2.24) is 5.32 Å². The minimum absolute atomic E-state index is 0.0349. The van der Waals surface area contributed by atoms with Crippen LogP contribution in [0.3, 0.4) is 0 Å². The first-order valence-corrected chi connectivity index (χ1v) is 8.91. The maximum Gasteiger partial charge on any atom is 0.313 e. The third-order valence-corrected chi connectivity index (χ3v) is 4.95. The number of nitrogens with one attached hydrogen (secondary N) is 2. The molecule has 0 fully saturated rings. The van der Waals surface area contributed by atoms with Crippen molar-refractivity contribution in [2.75, 3.05) is 11.9 Å². The Morgan fingerprint density at radius 2 is 1.89 bits per heavy atom. The SMILES string of the molecule is Cc1cc([N+](=O)[O-])ccc1NC(=O)C(=O)NCC1(O)CCc2ccccc2C1. The molecule has 0 saturated heterocycles. The summed E-state index contributed by atoms with van der Waals surface area (Å²) < 4.78 is 0. The third kappa shape index (κ3) is 4.34. The zero-order chi connectivity index (χ0) is 20.3. The highest BCUT2D eigenvalue weighted by Gasteiger charge is 2.33. The maximum absolute atomic E-state index is 12.1. The van der Waals surface area contributed by atoms with E-state index < -0.39 is 22.3 Å². The minimum atomic E-state index is -1.10. The molecule has 2 aromatic rings. The fourth-order valence-corrected chi connectivity index (χ4v) is 3.34.